The second-order valence-electron chi connectivity index (χ2n) is 12.9. The number of aliphatic hydroxyl groups excluding tert-OH is 1. The number of nitrogens with two attached hydrogens (primary N) is 1. The number of nitrogens with zero attached hydrogens (tertiary/aromatic N) is 2. The third kappa shape index (κ3) is 12.4. The van der Waals surface area contributed by atoms with E-state index >= 15 is 0 Å². The molecule has 0 radical (unpaired) electrons. The van der Waals surface area contributed by atoms with Crippen LogP contribution in [0.25, 0.3) is 0 Å². The summed E-state index contributed by atoms with van der Waals surface area (Å²) in [7, 11) is 3.33. The van der Waals surface area contributed by atoms with Crippen LogP contribution in [0.5, 0.6) is 11.5 Å². The van der Waals surface area contributed by atoms with Crippen LogP contribution in [0.2, 0.25) is 0 Å². The van der Waals surface area contributed by atoms with Crippen LogP contribution in [0, 0.1) is 11.3 Å². The van der Waals surface area contributed by atoms with Crippen molar-refractivity contribution in [3.8, 4) is 17.6 Å². The molecule has 4 rings (SSSR count). The normalized spacial score (nSPS) is 13.2. The quantitative estimate of drug-likeness (QED) is 0.0549. The van der Waals surface area contributed by atoms with Gasteiger partial charge in [0.1, 0.15) is 17.6 Å². The van der Waals surface area contributed by atoms with Gasteiger partial charge in [0.25, 0.3) is 8.53 Å². The highest BCUT2D eigenvalue weighted by atomic mass is 31.2. The average Bonchev–Trinajstić information content (AvgIpc) is 3.13. The minimum Gasteiger partial charge on any atom is -0.497 e. The number of benzene rings is 4. The van der Waals surface area contributed by atoms with E-state index in [1.165, 1.54) is 0 Å². The number of likely N-dealkylation sites (N-methyl/N-ethyl adjacent to an activating group) is 1. The van der Waals surface area contributed by atoms with Crippen LogP contribution < -0.4 is 20.3 Å². The van der Waals surface area contributed by atoms with E-state index < -0.39 is 26.1 Å². The summed E-state index contributed by atoms with van der Waals surface area (Å²) in [6.45, 7) is 9.73. The minimum absolute atomic E-state index is 0.141. The summed E-state index contributed by atoms with van der Waals surface area (Å²) in [6.07, 6.45) is -1.75. The molecule has 0 aliphatic heterocycles. The smallest absolute Gasteiger partial charge is 0.253 e. The predicted octanol–water partition coefficient (Wildman–Crippen LogP) is 7.42. The number of methoxy groups -OCH3 is 2. The first-order chi connectivity index (χ1) is 24.5. The van der Waals surface area contributed by atoms with Gasteiger partial charge in [-0.2, -0.15) is 5.26 Å². The van der Waals surface area contributed by atoms with Gasteiger partial charge in [-0.15, -0.1) is 0 Å². The van der Waals surface area contributed by atoms with Crippen molar-refractivity contribution in [2.75, 3.05) is 34.4 Å². The Morgan fingerprint density at radius 3 is 1.69 bits per heavy atom. The molecular formula is C41H55N4O5P. The fourth-order valence-electron chi connectivity index (χ4n) is 6.17. The van der Waals surface area contributed by atoms with E-state index in [1.54, 1.807) is 14.2 Å². The van der Waals surface area contributed by atoms with Gasteiger partial charge in [-0.05, 0) is 53.6 Å². The van der Waals surface area contributed by atoms with Crippen LogP contribution in [-0.4, -0.2) is 68.7 Å². The standard InChI is InChI=1S/C35H40N3O5P.C6H15N/c1-38(25-27-11-6-4-7-12-27)26-33(43-44(37)42-24-10-23-36)34(39)35(28-13-8-5-9-14-28,29-15-19-31(40-2)20-16-29)30-17-21-32(41-3)22-18-30;1-5(2)7-6(3)4/h4-9,11-22,33-34,39H,10,24-26,37H2,1-3H3;5-7H,1-4H3. The minimum atomic E-state index is -1.90. The third-order valence-corrected chi connectivity index (χ3v) is 9.16. The summed E-state index contributed by atoms with van der Waals surface area (Å²) in [5, 5.41) is 25.1. The summed E-state index contributed by atoms with van der Waals surface area (Å²) < 4.78 is 23.0. The Kier molecular flexibility index (Phi) is 17.5. The second kappa shape index (κ2) is 21.5. The highest BCUT2D eigenvalue weighted by Gasteiger charge is 2.48. The molecule has 51 heavy (non-hydrogen) atoms. The van der Waals surface area contributed by atoms with Crippen LogP contribution in [0.4, 0.5) is 0 Å². The van der Waals surface area contributed by atoms with Gasteiger partial charge >= 0.3 is 0 Å². The van der Waals surface area contributed by atoms with Gasteiger partial charge in [0.2, 0.25) is 0 Å². The third-order valence-electron chi connectivity index (χ3n) is 8.24. The number of hydrogen-bond donors (Lipinski definition) is 3. The zero-order chi connectivity index (χ0) is 37.2. The number of nitriles is 1. The fraction of sp³-hybridized carbons (Fsp3) is 0.390. The van der Waals surface area contributed by atoms with Crippen LogP contribution in [0.3, 0.4) is 0 Å². The number of aliphatic hydroxyl groups is 1. The maximum Gasteiger partial charge on any atom is 0.253 e. The van der Waals surface area contributed by atoms with Crippen molar-refractivity contribution in [2.24, 2.45) is 5.50 Å². The molecule has 0 heterocycles. The van der Waals surface area contributed by atoms with Gasteiger partial charge in [0, 0.05) is 25.2 Å². The first-order valence-electron chi connectivity index (χ1n) is 17.3. The number of nitrogens with one attached hydrogen (secondary N) is 1. The summed E-state index contributed by atoms with van der Waals surface area (Å²) in [5.74, 6) is 1.40. The van der Waals surface area contributed by atoms with E-state index in [-0.39, 0.29) is 13.0 Å². The molecule has 4 aromatic carbocycles. The monoisotopic (exact) mass is 714 g/mol. The molecule has 3 atom stereocenters. The molecule has 4 N–H and O–H groups in total. The first-order valence-corrected chi connectivity index (χ1v) is 18.5. The molecular weight excluding hydrogens is 659 g/mol. The van der Waals surface area contributed by atoms with Gasteiger partial charge in [-0.3, -0.25) is 10.4 Å². The van der Waals surface area contributed by atoms with Crippen molar-refractivity contribution < 1.29 is 23.6 Å². The largest absolute Gasteiger partial charge is 0.497 e. The Bertz CT molecular complexity index is 1510. The van der Waals surface area contributed by atoms with E-state index in [0.717, 1.165) is 22.3 Å². The molecule has 4 aromatic rings. The van der Waals surface area contributed by atoms with E-state index in [2.05, 4.69) is 56.1 Å². The topological polar surface area (TPSA) is 122 Å². The van der Waals surface area contributed by atoms with E-state index in [9.17, 15) is 5.11 Å². The Hall–Kier alpha value is -3.84. The van der Waals surface area contributed by atoms with Crippen LogP contribution in [-0.2, 0) is 21.0 Å². The highest BCUT2D eigenvalue weighted by Crippen LogP contribution is 2.46. The number of rotatable bonds is 18. The van der Waals surface area contributed by atoms with E-state index in [4.69, 9.17) is 29.3 Å². The highest BCUT2D eigenvalue weighted by molar-refractivity contribution is 7.44. The molecule has 9 nitrogen and oxygen atoms in total. The average molecular weight is 715 g/mol. The Labute approximate surface area is 306 Å². The number of hydrogen-bond acceptors (Lipinski definition) is 9. The summed E-state index contributed by atoms with van der Waals surface area (Å²) in [5.41, 5.74) is 8.95. The summed E-state index contributed by atoms with van der Waals surface area (Å²) >= 11 is 0. The molecule has 0 spiro atoms. The van der Waals surface area contributed by atoms with Crippen molar-refractivity contribution in [2.45, 2.75) is 70.4 Å². The summed E-state index contributed by atoms with van der Waals surface area (Å²) in [4.78, 5) is 2.10. The lowest BCUT2D eigenvalue weighted by Gasteiger charge is -2.44. The van der Waals surface area contributed by atoms with Crippen molar-refractivity contribution in [1.29, 1.82) is 5.26 Å². The SMILES string of the molecule is CC(C)NC(C)C.COc1ccc(C(c2ccccc2)(c2ccc(OC)cc2)C(O)C(CN(C)Cc2ccccc2)OP(N)OCCC#N)cc1. The Balaban J connectivity index is 0.000000908. The van der Waals surface area contributed by atoms with Crippen molar-refractivity contribution in [3.05, 3.63) is 131 Å². The van der Waals surface area contributed by atoms with Crippen LogP contribution in [0.1, 0.15) is 56.4 Å². The lowest BCUT2D eigenvalue weighted by molar-refractivity contribution is -0.0120. The van der Waals surface area contributed by atoms with Crippen LogP contribution in [0.15, 0.2) is 109 Å². The maximum absolute atomic E-state index is 12.8. The number of ether oxygens (including phenoxy) is 2. The molecule has 10 heteroatoms. The van der Waals surface area contributed by atoms with Crippen molar-refractivity contribution >= 4 is 8.53 Å². The fourth-order valence-corrected chi connectivity index (χ4v) is 6.95. The molecule has 0 aliphatic rings. The van der Waals surface area contributed by atoms with E-state index in [0.29, 0.717) is 36.7 Å². The predicted molar refractivity (Wildman–Crippen MR) is 207 cm³/mol. The Morgan fingerprint density at radius 2 is 1.25 bits per heavy atom. The molecule has 0 saturated heterocycles. The van der Waals surface area contributed by atoms with E-state index in [1.807, 2.05) is 104 Å². The molecule has 0 aromatic heterocycles. The summed E-state index contributed by atoms with van der Waals surface area (Å²) in [6, 6.07) is 38.8. The van der Waals surface area contributed by atoms with Gasteiger partial charge in [-0.1, -0.05) is 113 Å². The zero-order valence-electron chi connectivity index (χ0n) is 31.0. The molecule has 274 valence electrons. The molecule has 3 unspecified atom stereocenters. The lowest BCUT2D eigenvalue weighted by Crippen LogP contribution is -2.52. The lowest BCUT2D eigenvalue weighted by atomic mass is 9.64. The molecule has 0 saturated carbocycles. The van der Waals surface area contributed by atoms with Crippen LogP contribution >= 0.6 is 8.53 Å². The van der Waals surface area contributed by atoms with Gasteiger partial charge < -0.3 is 28.9 Å². The van der Waals surface area contributed by atoms with Gasteiger partial charge in [0.15, 0.2) is 0 Å². The molecule has 0 fully saturated rings. The molecule has 0 bridgehead atoms. The second-order valence-corrected chi connectivity index (χ2v) is 13.9. The maximum atomic E-state index is 12.8. The molecule has 0 amide bonds. The van der Waals surface area contributed by atoms with Crippen molar-refractivity contribution in [1.82, 2.24) is 10.2 Å². The van der Waals surface area contributed by atoms with Gasteiger partial charge in [-0.25, -0.2) is 0 Å². The van der Waals surface area contributed by atoms with Crippen molar-refractivity contribution in [3.63, 3.8) is 0 Å². The Morgan fingerprint density at radius 1 is 0.784 bits per heavy atom. The van der Waals surface area contributed by atoms with Gasteiger partial charge in [0.05, 0.1) is 44.8 Å². The zero-order valence-corrected chi connectivity index (χ0v) is 31.9. The first kappa shape index (κ1) is 41.6. The molecule has 0 aliphatic carbocycles.